The van der Waals surface area contributed by atoms with Crippen molar-refractivity contribution in [2.75, 3.05) is 0 Å². The van der Waals surface area contributed by atoms with Crippen molar-refractivity contribution in [3.8, 4) is 0 Å². The van der Waals surface area contributed by atoms with Crippen LogP contribution in [0.3, 0.4) is 0 Å². The van der Waals surface area contributed by atoms with E-state index in [9.17, 15) is 0 Å². The van der Waals surface area contributed by atoms with E-state index in [2.05, 4.69) is 27.3 Å². The molecule has 0 spiro atoms. The predicted molar refractivity (Wildman–Crippen MR) is 51.5 cm³/mol. The van der Waals surface area contributed by atoms with Crippen molar-refractivity contribution in [2.45, 2.75) is 6.42 Å². The zero-order valence-electron chi connectivity index (χ0n) is 6.69. The number of hydrogen-bond acceptors (Lipinski definition) is 3. The minimum Gasteiger partial charge on any atom is -0.251 e. The normalized spacial score (nSPS) is 14.5. The van der Waals surface area contributed by atoms with Gasteiger partial charge in [0.1, 0.15) is 0 Å². The monoisotopic (exact) mass is 190 g/mol. The molecular weight excluding hydrogens is 184 g/mol. The Bertz CT molecular complexity index is 604. The number of allylic oxidation sites excluding steroid dienone is 1. The summed E-state index contributed by atoms with van der Waals surface area (Å²) in [5, 5.41) is 7.77. The maximum Gasteiger partial charge on any atom is 0.254 e. The molecule has 2 aromatic rings. The molecule has 0 aliphatic heterocycles. The first-order valence-corrected chi connectivity index (χ1v) is 4.40. The van der Waals surface area contributed by atoms with Crippen LogP contribution in [-0.2, 0) is 0 Å². The number of hydrogen-bond donors (Lipinski definition) is 1. The van der Waals surface area contributed by atoms with Gasteiger partial charge in [-0.05, 0) is 24.7 Å². The SMILES string of the molecule is S=c1[nH]nc2nc3c(n12)=CCC=C3. The lowest BCUT2D eigenvalue weighted by Crippen LogP contribution is -2.12. The van der Waals surface area contributed by atoms with Gasteiger partial charge in [-0.1, -0.05) is 12.2 Å². The van der Waals surface area contributed by atoms with Gasteiger partial charge in [0.25, 0.3) is 5.78 Å². The molecule has 0 unspecified atom stereocenters. The van der Waals surface area contributed by atoms with E-state index in [1.807, 2.05) is 10.5 Å². The molecule has 0 amide bonds. The smallest absolute Gasteiger partial charge is 0.251 e. The highest BCUT2D eigenvalue weighted by atomic mass is 32.1. The molecule has 0 atom stereocenters. The number of aromatic amines is 1. The van der Waals surface area contributed by atoms with E-state index in [0.717, 1.165) is 17.5 Å². The first-order valence-electron chi connectivity index (χ1n) is 4.00. The third-order valence-electron chi connectivity index (χ3n) is 2.10. The quantitative estimate of drug-likeness (QED) is 0.622. The number of nitrogens with zero attached hydrogens (tertiary/aromatic N) is 3. The van der Waals surface area contributed by atoms with Crippen LogP contribution in [0.4, 0.5) is 0 Å². The maximum atomic E-state index is 5.09. The van der Waals surface area contributed by atoms with Crippen LogP contribution >= 0.6 is 12.2 Å². The van der Waals surface area contributed by atoms with Crippen LogP contribution in [0.5, 0.6) is 0 Å². The van der Waals surface area contributed by atoms with Gasteiger partial charge in [0.2, 0.25) is 4.77 Å². The molecule has 0 saturated heterocycles. The van der Waals surface area contributed by atoms with Gasteiger partial charge < -0.3 is 0 Å². The summed E-state index contributed by atoms with van der Waals surface area (Å²) in [6.07, 6.45) is 7.10. The van der Waals surface area contributed by atoms with Crippen LogP contribution in [0.2, 0.25) is 0 Å². The molecule has 4 nitrogen and oxygen atoms in total. The van der Waals surface area contributed by atoms with Gasteiger partial charge in [-0.3, -0.25) is 4.40 Å². The van der Waals surface area contributed by atoms with Crippen LogP contribution in [0.1, 0.15) is 12.1 Å². The first kappa shape index (κ1) is 6.97. The lowest BCUT2D eigenvalue weighted by Gasteiger charge is -1.92. The molecular formula is C8H6N4S. The summed E-state index contributed by atoms with van der Waals surface area (Å²) in [6, 6.07) is 0. The molecule has 0 aromatic carbocycles. The molecule has 64 valence electrons. The van der Waals surface area contributed by atoms with Crippen LogP contribution in [0.15, 0.2) is 6.08 Å². The lowest BCUT2D eigenvalue weighted by atomic mass is 10.2. The van der Waals surface area contributed by atoms with Gasteiger partial charge in [0.15, 0.2) is 0 Å². The van der Waals surface area contributed by atoms with Gasteiger partial charge in [0, 0.05) is 0 Å². The summed E-state index contributed by atoms with van der Waals surface area (Å²) < 4.78 is 2.46. The second-order valence-corrected chi connectivity index (χ2v) is 3.28. The maximum absolute atomic E-state index is 5.09. The summed E-state index contributed by atoms with van der Waals surface area (Å²) in [7, 11) is 0. The summed E-state index contributed by atoms with van der Waals surface area (Å²) in [6.45, 7) is 0. The second-order valence-electron chi connectivity index (χ2n) is 2.89. The van der Waals surface area contributed by atoms with E-state index in [-0.39, 0.29) is 0 Å². The van der Waals surface area contributed by atoms with Crippen LogP contribution in [-0.4, -0.2) is 19.6 Å². The summed E-state index contributed by atoms with van der Waals surface area (Å²) in [5.74, 6) is 0.651. The number of imidazole rings is 1. The zero-order chi connectivity index (χ0) is 8.84. The molecule has 1 aliphatic carbocycles. The Morgan fingerprint density at radius 2 is 2.46 bits per heavy atom. The minimum absolute atomic E-state index is 0.607. The highest BCUT2D eigenvalue weighted by Crippen LogP contribution is 2.04. The Morgan fingerprint density at radius 3 is 3.38 bits per heavy atom. The van der Waals surface area contributed by atoms with Crippen molar-refractivity contribution in [2.24, 2.45) is 0 Å². The van der Waals surface area contributed by atoms with Crippen LogP contribution in [0.25, 0.3) is 17.9 Å². The zero-order valence-corrected chi connectivity index (χ0v) is 7.51. The average Bonchev–Trinajstić information content (AvgIpc) is 2.66. The standard InChI is InChI=1S/C8H6N4S/c13-8-11-10-7-9-5-3-1-2-4-6(5)12(7)8/h1,3-4H,2H2,(H,11,13). The Balaban J connectivity index is 2.65. The molecule has 5 heteroatoms. The van der Waals surface area contributed by atoms with Gasteiger partial charge in [-0.15, -0.1) is 5.10 Å². The van der Waals surface area contributed by atoms with Crippen LogP contribution < -0.4 is 5.35 Å². The molecule has 13 heavy (non-hydrogen) atoms. The van der Waals surface area contributed by atoms with Crippen molar-refractivity contribution in [3.05, 3.63) is 21.9 Å². The molecule has 1 N–H and O–H groups in total. The van der Waals surface area contributed by atoms with Gasteiger partial charge in [0.05, 0.1) is 11.0 Å². The highest BCUT2D eigenvalue weighted by Gasteiger charge is 2.08. The summed E-state index contributed by atoms with van der Waals surface area (Å²) >= 11 is 5.09. The number of rotatable bonds is 0. The number of aromatic nitrogens is 4. The van der Waals surface area contributed by atoms with E-state index in [4.69, 9.17) is 12.2 Å². The Hall–Kier alpha value is -1.49. The largest absolute Gasteiger partial charge is 0.254 e. The lowest BCUT2D eigenvalue weighted by molar-refractivity contribution is 1.05. The summed E-state index contributed by atoms with van der Waals surface area (Å²) in [4.78, 5) is 4.31. The van der Waals surface area contributed by atoms with Crippen molar-refractivity contribution in [3.63, 3.8) is 0 Å². The van der Waals surface area contributed by atoms with Crippen LogP contribution in [0, 0.1) is 4.77 Å². The molecule has 0 bridgehead atoms. The molecule has 0 radical (unpaired) electrons. The van der Waals surface area contributed by atoms with Gasteiger partial charge in [-0.25, -0.2) is 10.1 Å². The number of fused-ring (bicyclic) bond motifs is 3. The predicted octanol–water partition coefficient (Wildman–Crippen LogP) is 0.703. The fraction of sp³-hybridized carbons (Fsp3) is 0.125. The fourth-order valence-electron chi connectivity index (χ4n) is 1.54. The van der Waals surface area contributed by atoms with Gasteiger partial charge >= 0.3 is 0 Å². The van der Waals surface area contributed by atoms with Crippen molar-refractivity contribution in [1.82, 2.24) is 19.6 Å². The molecule has 1 aliphatic rings. The fourth-order valence-corrected chi connectivity index (χ4v) is 1.76. The highest BCUT2D eigenvalue weighted by molar-refractivity contribution is 7.71. The minimum atomic E-state index is 0.607. The summed E-state index contributed by atoms with van der Waals surface area (Å²) in [5.41, 5.74) is 0.953. The number of H-pyrrole nitrogens is 1. The Kier molecular flexibility index (Phi) is 1.21. The van der Waals surface area contributed by atoms with E-state index in [0.29, 0.717) is 10.5 Å². The third-order valence-corrected chi connectivity index (χ3v) is 2.38. The molecule has 0 saturated carbocycles. The van der Waals surface area contributed by atoms with E-state index in [1.165, 1.54) is 0 Å². The van der Waals surface area contributed by atoms with E-state index in [1.54, 1.807) is 0 Å². The Morgan fingerprint density at radius 1 is 1.54 bits per heavy atom. The first-order chi connectivity index (χ1) is 6.36. The Labute approximate surface area is 78.6 Å². The molecule has 2 heterocycles. The topological polar surface area (TPSA) is 46.0 Å². The van der Waals surface area contributed by atoms with E-state index >= 15 is 0 Å². The van der Waals surface area contributed by atoms with Crippen molar-refractivity contribution < 1.29 is 0 Å². The second kappa shape index (κ2) is 2.26. The van der Waals surface area contributed by atoms with Gasteiger partial charge in [-0.2, -0.15) is 0 Å². The third kappa shape index (κ3) is 0.818. The van der Waals surface area contributed by atoms with E-state index < -0.39 is 0 Å². The average molecular weight is 190 g/mol. The number of nitrogens with one attached hydrogen (secondary N) is 1. The van der Waals surface area contributed by atoms with Crippen molar-refractivity contribution in [1.29, 1.82) is 0 Å². The molecule has 3 rings (SSSR count). The molecule has 0 fully saturated rings. The molecule has 2 aromatic heterocycles. The van der Waals surface area contributed by atoms with Crippen molar-refractivity contribution >= 4 is 30.1 Å².